The van der Waals surface area contributed by atoms with Gasteiger partial charge in [-0.3, -0.25) is 10.1 Å². The van der Waals surface area contributed by atoms with Crippen molar-refractivity contribution >= 4 is 5.69 Å². The van der Waals surface area contributed by atoms with Crippen LogP contribution in [0.3, 0.4) is 0 Å². The number of aliphatic hydroxyl groups excluding tert-OH is 1. The Bertz CT molecular complexity index is 661. The fraction of sp³-hybridized carbons (Fsp3) is 0.154. The number of pyridine rings is 1. The molecule has 2 rings (SSSR count). The third kappa shape index (κ3) is 2.89. The molecular formula is C13H11FN2O4. The third-order valence-electron chi connectivity index (χ3n) is 2.60. The Kier molecular flexibility index (Phi) is 3.90. The summed E-state index contributed by atoms with van der Waals surface area (Å²) in [6.07, 6.45) is 1.43. The molecule has 0 fully saturated rings. The molecule has 6 nitrogen and oxygen atoms in total. The second kappa shape index (κ2) is 5.62. The maximum absolute atomic E-state index is 13.4. The van der Waals surface area contributed by atoms with Gasteiger partial charge in [0.25, 0.3) is 0 Å². The summed E-state index contributed by atoms with van der Waals surface area (Å²) in [5.74, 6) is -0.618. The molecule has 7 heteroatoms. The molecule has 1 heterocycles. The van der Waals surface area contributed by atoms with Gasteiger partial charge in [-0.1, -0.05) is 0 Å². The van der Waals surface area contributed by atoms with Gasteiger partial charge in [0.2, 0.25) is 11.7 Å². The summed E-state index contributed by atoms with van der Waals surface area (Å²) in [5.41, 5.74) is 0.678. The van der Waals surface area contributed by atoms with Gasteiger partial charge in [-0.25, -0.2) is 4.98 Å². The largest absolute Gasteiger partial charge is 0.439 e. The molecule has 0 radical (unpaired) electrons. The first kappa shape index (κ1) is 13.9. The standard InChI is InChI=1S/C13H11FN2O4/c1-8-4-9(7-17)6-15-13(8)20-10-2-3-12(16(18)19)11(14)5-10/h2-6,17H,7H2,1H3. The number of aliphatic hydroxyl groups is 1. The van der Waals surface area contributed by atoms with Gasteiger partial charge >= 0.3 is 5.69 Å². The summed E-state index contributed by atoms with van der Waals surface area (Å²) in [6, 6.07) is 4.94. The molecule has 0 aliphatic carbocycles. The quantitative estimate of drug-likeness (QED) is 0.686. The molecule has 2 aromatic rings. The van der Waals surface area contributed by atoms with Gasteiger partial charge in [-0.2, -0.15) is 4.39 Å². The molecular weight excluding hydrogens is 267 g/mol. The summed E-state index contributed by atoms with van der Waals surface area (Å²) < 4.78 is 18.8. The number of hydrogen-bond acceptors (Lipinski definition) is 5. The Balaban J connectivity index is 2.26. The summed E-state index contributed by atoms with van der Waals surface area (Å²) in [5, 5.41) is 19.5. The highest BCUT2D eigenvalue weighted by Crippen LogP contribution is 2.27. The van der Waals surface area contributed by atoms with Crippen LogP contribution in [0.5, 0.6) is 11.6 Å². The molecule has 0 bridgehead atoms. The number of aryl methyl sites for hydroxylation is 1. The SMILES string of the molecule is Cc1cc(CO)cnc1Oc1ccc([N+](=O)[O-])c(F)c1. The van der Waals surface area contributed by atoms with Gasteiger partial charge in [-0.05, 0) is 24.6 Å². The third-order valence-corrected chi connectivity index (χ3v) is 2.60. The summed E-state index contributed by atoms with van der Waals surface area (Å²) in [6.45, 7) is 1.59. The Morgan fingerprint density at radius 2 is 2.20 bits per heavy atom. The Morgan fingerprint density at radius 1 is 1.45 bits per heavy atom. The summed E-state index contributed by atoms with van der Waals surface area (Å²) >= 11 is 0. The average molecular weight is 278 g/mol. The number of nitro groups is 1. The topological polar surface area (TPSA) is 85.5 Å². The number of nitrogens with zero attached hydrogens (tertiary/aromatic N) is 2. The molecule has 0 saturated heterocycles. The second-order valence-corrected chi connectivity index (χ2v) is 4.10. The maximum atomic E-state index is 13.4. The van der Waals surface area contributed by atoms with Crippen molar-refractivity contribution in [1.82, 2.24) is 4.98 Å². The van der Waals surface area contributed by atoms with E-state index in [9.17, 15) is 14.5 Å². The highest BCUT2D eigenvalue weighted by Gasteiger charge is 2.15. The molecule has 0 aliphatic heterocycles. The van der Waals surface area contributed by atoms with Crippen LogP contribution in [0.25, 0.3) is 0 Å². The smallest absolute Gasteiger partial charge is 0.305 e. The lowest BCUT2D eigenvalue weighted by molar-refractivity contribution is -0.387. The minimum absolute atomic E-state index is 0.112. The van der Waals surface area contributed by atoms with Gasteiger partial charge in [0.05, 0.1) is 11.5 Å². The predicted molar refractivity (Wildman–Crippen MR) is 68.0 cm³/mol. The minimum Gasteiger partial charge on any atom is -0.439 e. The maximum Gasteiger partial charge on any atom is 0.305 e. The van der Waals surface area contributed by atoms with Crippen molar-refractivity contribution < 1.29 is 19.2 Å². The fourth-order valence-corrected chi connectivity index (χ4v) is 1.62. The Morgan fingerprint density at radius 3 is 2.75 bits per heavy atom. The first-order chi connectivity index (χ1) is 9.51. The van der Waals surface area contributed by atoms with E-state index < -0.39 is 16.4 Å². The zero-order valence-electron chi connectivity index (χ0n) is 10.5. The lowest BCUT2D eigenvalue weighted by atomic mass is 10.2. The van der Waals surface area contributed by atoms with E-state index in [1.807, 2.05) is 0 Å². The van der Waals surface area contributed by atoms with Crippen LogP contribution < -0.4 is 4.74 Å². The van der Waals surface area contributed by atoms with Gasteiger partial charge in [0.1, 0.15) is 5.75 Å². The number of hydrogen-bond donors (Lipinski definition) is 1. The van der Waals surface area contributed by atoms with E-state index in [1.165, 1.54) is 12.3 Å². The van der Waals surface area contributed by atoms with E-state index in [1.54, 1.807) is 13.0 Å². The van der Waals surface area contributed by atoms with Crippen LogP contribution in [0.2, 0.25) is 0 Å². The van der Waals surface area contributed by atoms with Crippen molar-refractivity contribution in [3.63, 3.8) is 0 Å². The van der Waals surface area contributed by atoms with Crippen LogP contribution >= 0.6 is 0 Å². The highest BCUT2D eigenvalue weighted by molar-refractivity contribution is 5.40. The lowest BCUT2D eigenvalue weighted by Gasteiger charge is -2.08. The van der Waals surface area contributed by atoms with Crippen LogP contribution in [0.4, 0.5) is 10.1 Å². The van der Waals surface area contributed by atoms with Crippen molar-refractivity contribution in [2.75, 3.05) is 0 Å². The van der Waals surface area contributed by atoms with E-state index in [0.29, 0.717) is 11.1 Å². The molecule has 0 atom stereocenters. The van der Waals surface area contributed by atoms with Crippen LogP contribution in [0.1, 0.15) is 11.1 Å². The molecule has 1 N–H and O–H groups in total. The molecule has 1 aromatic heterocycles. The average Bonchev–Trinajstić information content (AvgIpc) is 2.40. The van der Waals surface area contributed by atoms with E-state index in [4.69, 9.17) is 9.84 Å². The monoisotopic (exact) mass is 278 g/mol. The minimum atomic E-state index is -0.975. The van der Waals surface area contributed by atoms with Gasteiger partial charge < -0.3 is 9.84 Å². The van der Waals surface area contributed by atoms with Gasteiger partial charge in [0, 0.05) is 23.9 Å². The molecule has 1 aromatic carbocycles. The van der Waals surface area contributed by atoms with Crippen molar-refractivity contribution in [3.05, 3.63) is 57.5 Å². The Hall–Kier alpha value is -2.54. The van der Waals surface area contributed by atoms with E-state index in [-0.39, 0.29) is 18.2 Å². The fourth-order valence-electron chi connectivity index (χ4n) is 1.62. The first-order valence-corrected chi connectivity index (χ1v) is 5.69. The number of aromatic nitrogens is 1. The van der Waals surface area contributed by atoms with Gasteiger partial charge in [-0.15, -0.1) is 0 Å². The zero-order chi connectivity index (χ0) is 14.7. The van der Waals surface area contributed by atoms with E-state index >= 15 is 0 Å². The first-order valence-electron chi connectivity index (χ1n) is 5.69. The summed E-state index contributed by atoms with van der Waals surface area (Å²) in [7, 11) is 0. The number of halogens is 1. The normalized spacial score (nSPS) is 10.3. The van der Waals surface area contributed by atoms with E-state index in [2.05, 4.69) is 4.98 Å². The number of ether oxygens (including phenoxy) is 1. The molecule has 0 spiro atoms. The molecule has 0 saturated carbocycles. The van der Waals surface area contributed by atoms with Crippen molar-refractivity contribution in [3.8, 4) is 11.6 Å². The summed E-state index contributed by atoms with van der Waals surface area (Å²) in [4.78, 5) is 13.7. The number of rotatable bonds is 4. The molecule has 104 valence electrons. The van der Waals surface area contributed by atoms with Crippen molar-refractivity contribution in [1.29, 1.82) is 0 Å². The lowest BCUT2D eigenvalue weighted by Crippen LogP contribution is -1.96. The van der Waals surface area contributed by atoms with Crippen LogP contribution in [0.15, 0.2) is 30.5 Å². The Labute approximate surface area is 113 Å². The highest BCUT2D eigenvalue weighted by atomic mass is 19.1. The van der Waals surface area contributed by atoms with Crippen molar-refractivity contribution in [2.45, 2.75) is 13.5 Å². The number of benzene rings is 1. The molecule has 0 aliphatic rings. The molecule has 0 unspecified atom stereocenters. The van der Waals surface area contributed by atoms with E-state index in [0.717, 1.165) is 12.1 Å². The van der Waals surface area contributed by atoms with Crippen molar-refractivity contribution in [2.24, 2.45) is 0 Å². The predicted octanol–water partition coefficient (Wildman–Crippen LogP) is 2.72. The molecule has 20 heavy (non-hydrogen) atoms. The number of nitro benzene ring substituents is 1. The second-order valence-electron chi connectivity index (χ2n) is 4.10. The van der Waals surface area contributed by atoms with Crippen LogP contribution in [-0.2, 0) is 6.61 Å². The van der Waals surface area contributed by atoms with Crippen LogP contribution in [-0.4, -0.2) is 15.0 Å². The van der Waals surface area contributed by atoms with Gasteiger partial charge in [0.15, 0.2) is 0 Å². The van der Waals surface area contributed by atoms with Crippen LogP contribution in [0, 0.1) is 22.9 Å². The molecule has 0 amide bonds. The zero-order valence-corrected chi connectivity index (χ0v) is 10.5.